The Labute approximate surface area is 143 Å². The van der Waals surface area contributed by atoms with Gasteiger partial charge in [0, 0.05) is 18.0 Å². The summed E-state index contributed by atoms with van der Waals surface area (Å²) in [5, 5.41) is 3.20. The van der Waals surface area contributed by atoms with Crippen molar-refractivity contribution in [3.8, 4) is 5.75 Å². The monoisotopic (exact) mass is 333 g/mol. The van der Waals surface area contributed by atoms with Crippen LogP contribution in [-0.2, 0) is 14.3 Å². The molecule has 0 bridgehead atoms. The van der Waals surface area contributed by atoms with E-state index in [4.69, 9.17) is 9.47 Å². The van der Waals surface area contributed by atoms with E-state index in [9.17, 15) is 9.59 Å². The van der Waals surface area contributed by atoms with Gasteiger partial charge in [-0.2, -0.15) is 0 Å². The minimum Gasteiger partial charge on any atom is -0.497 e. The van der Waals surface area contributed by atoms with Crippen molar-refractivity contribution in [1.29, 1.82) is 0 Å². The fourth-order valence-electron chi connectivity index (χ4n) is 2.92. The van der Waals surface area contributed by atoms with Crippen molar-refractivity contribution >= 4 is 17.4 Å². The number of nitrogens with one attached hydrogen (secondary N) is 1. The van der Waals surface area contributed by atoms with Crippen molar-refractivity contribution in [1.82, 2.24) is 0 Å². The molecule has 1 saturated carbocycles. The Bertz CT molecular complexity index is 574. The normalized spacial score (nSPS) is 19.5. The number of carbonyl (C=O) groups is 2. The molecule has 24 heavy (non-hydrogen) atoms. The maximum absolute atomic E-state index is 12.7. The van der Waals surface area contributed by atoms with E-state index < -0.39 is 11.6 Å². The van der Waals surface area contributed by atoms with E-state index >= 15 is 0 Å². The van der Waals surface area contributed by atoms with Crippen molar-refractivity contribution in [3.05, 3.63) is 24.3 Å². The lowest BCUT2D eigenvalue weighted by Gasteiger charge is -2.31. The number of ketones is 1. The summed E-state index contributed by atoms with van der Waals surface area (Å²) in [5.41, 5.74) is 0.180. The second-order valence-electron chi connectivity index (χ2n) is 7.20. The molecule has 2 atom stereocenters. The molecule has 0 aromatic heterocycles. The zero-order chi connectivity index (χ0) is 17.7. The van der Waals surface area contributed by atoms with Crippen LogP contribution in [0.1, 0.15) is 46.5 Å². The molecule has 0 radical (unpaired) electrons. The molecular formula is C19H27NO4. The fraction of sp³-hybridized carbons (Fsp3) is 0.579. The highest BCUT2D eigenvalue weighted by Gasteiger charge is 2.37. The van der Waals surface area contributed by atoms with Crippen molar-refractivity contribution in [2.24, 2.45) is 5.92 Å². The number of hydrogen-bond acceptors (Lipinski definition) is 5. The molecule has 1 aliphatic rings. The molecule has 1 aromatic carbocycles. The molecule has 1 N–H and O–H groups in total. The highest BCUT2D eigenvalue weighted by Crippen LogP contribution is 2.28. The van der Waals surface area contributed by atoms with E-state index in [1.165, 1.54) is 0 Å². The first-order valence-electron chi connectivity index (χ1n) is 8.46. The molecule has 132 valence electrons. The molecule has 2 rings (SSSR count). The first-order valence-corrected chi connectivity index (χ1v) is 8.46. The van der Waals surface area contributed by atoms with Gasteiger partial charge >= 0.3 is 5.97 Å². The van der Waals surface area contributed by atoms with E-state index in [0.29, 0.717) is 12.8 Å². The third kappa shape index (κ3) is 4.98. The van der Waals surface area contributed by atoms with Crippen LogP contribution in [0.4, 0.5) is 5.69 Å². The van der Waals surface area contributed by atoms with Gasteiger partial charge in [0.15, 0.2) is 0 Å². The van der Waals surface area contributed by atoms with Gasteiger partial charge < -0.3 is 14.8 Å². The first-order chi connectivity index (χ1) is 11.3. The molecule has 0 spiro atoms. The van der Waals surface area contributed by atoms with E-state index in [0.717, 1.165) is 24.3 Å². The third-order valence-corrected chi connectivity index (χ3v) is 4.08. The molecule has 5 nitrogen and oxygen atoms in total. The van der Waals surface area contributed by atoms with Crippen molar-refractivity contribution in [2.45, 2.75) is 58.1 Å². The average molecular weight is 333 g/mol. The minimum atomic E-state index is -0.662. The van der Waals surface area contributed by atoms with Crippen molar-refractivity contribution < 1.29 is 19.1 Å². The van der Waals surface area contributed by atoms with Gasteiger partial charge in [-0.3, -0.25) is 4.79 Å². The van der Waals surface area contributed by atoms with Gasteiger partial charge in [-0.05, 0) is 57.9 Å². The predicted octanol–water partition coefficient (Wildman–Crippen LogP) is 3.58. The van der Waals surface area contributed by atoms with Gasteiger partial charge in [-0.1, -0.05) is 6.42 Å². The van der Waals surface area contributed by atoms with Crippen molar-refractivity contribution in [3.63, 3.8) is 0 Å². The topological polar surface area (TPSA) is 64.6 Å². The number of benzene rings is 1. The van der Waals surface area contributed by atoms with E-state index in [-0.39, 0.29) is 17.7 Å². The third-order valence-electron chi connectivity index (χ3n) is 4.08. The zero-order valence-electron chi connectivity index (χ0n) is 14.9. The highest BCUT2D eigenvalue weighted by molar-refractivity contribution is 5.91. The van der Waals surface area contributed by atoms with Gasteiger partial charge in [0.05, 0.1) is 7.11 Å². The summed E-state index contributed by atoms with van der Waals surface area (Å²) in [6, 6.07) is 6.65. The Morgan fingerprint density at radius 2 is 1.88 bits per heavy atom. The molecule has 0 aliphatic heterocycles. The van der Waals surface area contributed by atoms with Crippen LogP contribution in [0.25, 0.3) is 0 Å². The largest absolute Gasteiger partial charge is 0.497 e. The summed E-state index contributed by atoms with van der Waals surface area (Å²) in [6.07, 6.45) is 3.11. The molecule has 0 unspecified atom stereocenters. The standard InChI is InChI=1S/C19H27NO4/c1-19(2,3)24-18(22)17(15-7-5-6-8-16(15)21)20-13-9-11-14(23-4)12-10-13/h9-12,15,17,20H,5-8H2,1-4H3/t15-,17-/m0/s1. The van der Waals surface area contributed by atoms with Crippen LogP contribution in [0, 0.1) is 5.92 Å². The second kappa shape index (κ2) is 7.69. The van der Waals surface area contributed by atoms with Gasteiger partial charge in [0.25, 0.3) is 0 Å². The number of carbonyl (C=O) groups excluding carboxylic acids is 2. The highest BCUT2D eigenvalue weighted by atomic mass is 16.6. The summed E-state index contributed by atoms with van der Waals surface area (Å²) in [6.45, 7) is 5.49. The van der Waals surface area contributed by atoms with Crippen molar-refractivity contribution in [2.75, 3.05) is 12.4 Å². The molecule has 0 saturated heterocycles. The van der Waals surface area contributed by atoms with Crippen LogP contribution in [-0.4, -0.2) is 30.5 Å². The summed E-state index contributed by atoms with van der Waals surface area (Å²) in [5.74, 6) is 0.163. The molecular weight excluding hydrogens is 306 g/mol. The summed E-state index contributed by atoms with van der Waals surface area (Å²) in [4.78, 5) is 25.0. The molecule has 1 aliphatic carbocycles. The van der Waals surface area contributed by atoms with E-state index in [1.54, 1.807) is 7.11 Å². The van der Waals surface area contributed by atoms with Gasteiger partial charge in [-0.15, -0.1) is 0 Å². The van der Waals surface area contributed by atoms with Crippen LogP contribution < -0.4 is 10.1 Å². The number of anilines is 1. The van der Waals surface area contributed by atoms with Crippen LogP contribution in [0.3, 0.4) is 0 Å². The van der Waals surface area contributed by atoms with E-state index in [2.05, 4.69) is 5.32 Å². The maximum Gasteiger partial charge on any atom is 0.329 e. The summed E-state index contributed by atoms with van der Waals surface area (Å²) < 4.78 is 10.7. The lowest BCUT2D eigenvalue weighted by Crippen LogP contribution is -2.45. The number of rotatable bonds is 5. The second-order valence-corrected chi connectivity index (χ2v) is 7.20. The SMILES string of the molecule is COc1ccc(N[C@H](C(=O)OC(C)(C)C)[C@H]2CCCCC2=O)cc1. The van der Waals surface area contributed by atoms with E-state index in [1.807, 2.05) is 45.0 Å². The Morgan fingerprint density at radius 3 is 2.42 bits per heavy atom. The van der Waals surface area contributed by atoms with Crippen LogP contribution >= 0.6 is 0 Å². The lowest BCUT2D eigenvalue weighted by molar-refractivity contribution is -0.158. The average Bonchev–Trinajstić information content (AvgIpc) is 2.52. The van der Waals surface area contributed by atoms with Gasteiger partial charge in [-0.25, -0.2) is 4.79 Å². The Balaban J connectivity index is 2.20. The maximum atomic E-state index is 12.7. The smallest absolute Gasteiger partial charge is 0.329 e. The van der Waals surface area contributed by atoms with Crippen LogP contribution in [0.2, 0.25) is 0 Å². The molecule has 1 aromatic rings. The number of esters is 1. The Hall–Kier alpha value is -2.04. The predicted molar refractivity (Wildman–Crippen MR) is 93.2 cm³/mol. The van der Waals surface area contributed by atoms with Gasteiger partial charge in [0.1, 0.15) is 23.2 Å². The minimum absolute atomic E-state index is 0.137. The van der Waals surface area contributed by atoms with Crippen LogP contribution in [0.15, 0.2) is 24.3 Å². The lowest BCUT2D eigenvalue weighted by atomic mass is 9.82. The number of ether oxygens (including phenoxy) is 2. The summed E-state index contributed by atoms with van der Waals surface area (Å²) >= 11 is 0. The molecule has 0 amide bonds. The Kier molecular flexibility index (Phi) is 5.86. The molecule has 1 fully saturated rings. The molecule has 0 heterocycles. The van der Waals surface area contributed by atoms with Gasteiger partial charge in [0.2, 0.25) is 0 Å². The summed E-state index contributed by atoms with van der Waals surface area (Å²) in [7, 11) is 1.60. The first kappa shape index (κ1) is 18.3. The van der Waals surface area contributed by atoms with Crippen LogP contribution in [0.5, 0.6) is 5.75 Å². The zero-order valence-corrected chi connectivity index (χ0v) is 14.9. The number of hydrogen-bond donors (Lipinski definition) is 1. The quantitative estimate of drug-likeness (QED) is 0.835. The number of Topliss-reactive ketones (excluding diaryl/α,β-unsaturated/α-hetero) is 1. The fourth-order valence-corrected chi connectivity index (χ4v) is 2.92. The molecule has 5 heteroatoms. The Morgan fingerprint density at radius 1 is 1.21 bits per heavy atom. The number of methoxy groups -OCH3 is 1.